The van der Waals surface area contributed by atoms with E-state index in [-0.39, 0.29) is 0 Å². The second kappa shape index (κ2) is 5.88. The lowest BCUT2D eigenvalue weighted by Crippen LogP contribution is -1.94. The fourth-order valence-corrected chi connectivity index (χ4v) is 2.11. The van der Waals surface area contributed by atoms with Gasteiger partial charge in [-0.1, -0.05) is 31.2 Å². The summed E-state index contributed by atoms with van der Waals surface area (Å²) in [6.45, 7) is 2.13. The van der Waals surface area contributed by atoms with Crippen LogP contribution in [0.15, 0.2) is 52.2 Å². The van der Waals surface area contributed by atoms with Gasteiger partial charge >= 0.3 is 0 Å². The number of furan rings is 1. The first-order valence-electron chi connectivity index (χ1n) is 6.62. The molecule has 0 spiro atoms. The van der Waals surface area contributed by atoms with Gasteiger partial charge in [-0.25, -0.2) is 5.10 Å². The van der Waals surface area contributed by atoms with E-state index in [1.54, 1.807) is 23.2 Å². The third kappa shape index (κ3) is 2.85. The highest BCUT2D eigenvalue weighted by atomic mass is 32.1. The molecule has 5 nitrogen and oxygen atoms in total. The van der Waals surface area contributed by atoms with Gasteiger partial charge in [0.05, 0.1) is 12.5 Å². The summed E-state index contributed by atoms with van der Waals surface area (Å²) in [5.74, 6) is 1.16. The number of rotatable bonds is 4. The van der Waals surface area contributed by atoms with Crippen LogP contribution in [0.1, 0.15) is 18.1 Å². The van der Waals surface area contributed by atoms with Crippen LogP contribution in [-0.2, 0) is 6.42 Å². The molecule has 2 aromatic heterocycles. The van der Waals surface area contributed by atoms with Crippen molar-refractivity contribution in [2.24, 2.45) is 5.10 Å². The molecular weight excluding hydrogens is 284 g/mol. The third-order valence-corrected chi connectivity index (χ3v) is 3.37. The molecule has 21 heavy (non-hydrogen) atoms. The Labute approximate surface area is 126 Å². The minimum absolute atomic E-state index is 0.419. The van der Waals surface area contributed by atoms with Crippen molar-refractivity contribution in [3.63, 3.8) is 0 Å². The Bertz CT molecular complexity index is 797. The van der Waals surface area contributed by atoms with E-state index < -0.39 is 0 Å². The zero-order valence-electron chi connectivity index (χ0n) is 11.5. The Balaban J connectivity index is 1.92. The molecule has 6 heteroatoms. The summed E-state index contributed by atoms with van der Waals surface area (Å²) in [5.41, 5.74) is 2.30. The second-order valence-corrected chi connectivity index (χ2v) is 4.87. The van der Waals surface area contributed by atoms with Gasteiger partial charge in [-0.2, -0.15) is 9.78 Å². The average Bonchev–Trinajstić information content (AvgIpc) is 3.15. The normalized spacial score (nSPS) is 11.3. The minimum Gasteiger partial charge on any atom is -0.461 e. The number of aromatic amines is 1. The van der Waals surface area contributed by atoms with Gasteiger partial charge in [-0.05, 0) is 41.9 Å². The number of aryl methyl sites for hydroxylation is 1. The Hall–Kier alpha value is -2.47. The maximum Gasteiger partial charge on any atom is 0.219 e. The average molecular weight is 298 g/mol. The molecule has 3 aromatic rings. The van der Waals surface area contributed by atoms with Gasteiger partial charge in [0.25, 0.3) is 0 Å². The first kappa shape index (κ1) is 13.5. The maximum atomic E-state index is 5.33. The fourth-order valence-electron chi connectivity index (χ4n) is 1.93. The van der Waals surface area contributed by atoms with Gasteiger partial charge in [0, 0.05) is 0 Å². The van der Waals surface area contributed by atoms with Crippen LogP contribution < -0.4 is 0 Å². The van der Waals surface area contributed by atoms with Crippen molar-refractivity contribution in [1.82, 2.24) is 14.9 Å². The predicted molar refractivity (Wildman–Crippen MR) is 83.9 cm³/mol. The summed E-state index contributed by atoms with van der Waals surface area (Å²) in [7, 11) is 0. The highest BCUT2D eigenvalue weighted by molar-refractivity contribution is 7.71. The predicted octanol–water partition coefficient (Wildman–Crippen LogP) is 3.65. The molecule has 0 aliphatic heterocycles. The summed E-state index contributed by atoms with van der Waals surface area (Å²) in [6.07, 6.45) is 4.36. The summed E-state index contributed by atoms with van der Waals surface area (Å²) in [5, 5.41) is 11.2. The summed E-state index contributed by atoms with van der Waals surface area (Å²) < 4.78 is 7.30. The van der Waals surface area contributed by atoms with Crippen LogP contribution in [0.5, 0.6) is 0 Å². The minimum atomic E-state index is 0.419. The van der Waals surface area contributed by atoms with E-state index in [9.17, 15) is 0 Å². The molecule has 0 unspecified atom stereocenters. The van der Waals surface area contributed by atoms with Gasteiger partial charge in [-0.15, -0.1) is 5.10 Å². The number of H-pyrrole nitrogens is 1. The van der Waals surface area contributed by atoms with Crippen molar-refractivity contribution in [2.45, 2.75) is 13.3 Å². The number of hydrogen-bond donors (Lipinski definition) is 1. The van der Waals surface area contributed by atoms with Crippen molar-refractivity contribution in [3.8, 4) is 11.6 Å². The largest absolute Gasteiger partial charge is 0.461 e. The molecule has 1 aromatic carbocycles. The molecule has 0 radical (unpaired) electrons. The van der Waals surface area contributed by atoms with Crippen LogP contribution in [0.3, 0.4) is 0 Å². The molecule has 106 valence electrons. The topological polar surface area (TPSA) is 59.1 Å². The SMILES string of the molecule is CCc1ccc(/C=N\n2c(-c3ccco3)n[nH]c2=S)cc1. The molecular formula is C15H14N4OS. The van der Waals surface area contributed by atoms with E-state index in [2.05, 4.69) is 34.4 Å². The van der Waals surface area contributed by atoms with Crippen molar-refractivity contribution < 1.29 is 4.42 Å². The Morgan fingerprint density at radius 2 is 2.14 bits per heavy atom. The first-order chi connectivity index (χ1) is 10.3. The summed E-state index contributed by atoms with van der Waals surface area (Å²) in [4.78, 5) is 0. The van der Waals surface area contributed by atoms with Crippen molar-refractivity contribution >= 4 is 18.4 Å². The molecule has 0 atom stereocenters. The molecule has 0 aliphatic rings. The van der Waals surface area contributed by atoms with Gasteiger partial charge in [0.2, 0.25) is 10.6 Å². The molecule has 1 N–H and O–H groups in total. The Morgan fingerprint density at radius 3 is 2.81 bits per heavy atom. The van der Waals surface area contributed by atoms with E-state index in [4.69, 9.17) is 16.6 Å². The van der Waals surface area contributed by atoms with Crippen molar-refractivity contribution in [1.29, 1.82) is 0 Å². The zero-order chi connectivity index (χ0) is 14.7. The third-order valence-electron chi connectivity index (χ3n) is 3.10. The Morgan fingerprint density at radius 1 is 1.33 bits per heavy atom. The fraction of sp³-hybridized carbons (Fsp3) is 0.133. The number of hydrogen-bond acceptors (Lipinski definition) is 4. The van der Waals surface area contributed by atoms with Crippen LogP contribution in [0.2, 0.25) is 0 Å². The highest BCUT2D eigenvalue weighted by Gasteiger charge is 2.10. The lowest BCUT2D eigenvalue weighted by molar-refractivity contribution is 0.573. The molecule has 0 bridgehead atoms. The van der Waals surface area contributed by atoms with Crippen molar-refractivity contribution in [3.05, 3.63) is 58.6 Å². The van der Waals surface area contributed by atoms with E-state index in [1.807, 2.05) is 18.2 Å². The number of benzene rings is 1. The first-order valence-corrected chi connectivity index (χ1v) is 7.03. The lowest BCUT2D eigenvalue weighted by atomic mass is 10.1. The van der Waals surface area contributed by atoms with Crippen LogP contribution in [-0.4, -0.2) is 21.1 Å². The zero-order valence-corrected chi connectivity index (χ0v) is 12.3. The van der Waals surface area contributed by atoms with E-state index in [0.29, 0.717) is 16.4 Å². The highest BCUT2D eigenvalue weighted by Crippen LogP contribution is 2.17. The second-order valence-electron chi connectivity index (χ2n) is 4.48. The van der Waals surface area contributed by atoms with E-state index in [1.165, 1.54) is 5.56 Å². The smallest absolute Gasteiger partial charge is 0.219 e. The lowest BCUT2D eigenvalue weighted by Gasteiger charge is -1.99. The van der Waals surface area contributed by atoms with Gasteiger partial charge < -0.3 is 4.42 Å². The Kier molecular flexibility index (Phi) is 3.79. The van der Waals surface area contributed by atoms with E-state index >= 15 is 0 Å². The molecule has 0 fully saturated rings. The monoisotopic (exact) mass is 298 g/mol. The van der Waals surface area contributed by atoms with Gasteiger partial charge in [0.15, 0.2) is 5.76 Å². The van der Waals surface area contributed by atoms with Crippen molar-refractivity contribution in [2.75, 3.05) is 0 Å². The number of nitrogens with zero attached hydrogens (tertiary/aromatic N) is 3. The molecule has 2 heterocycles. The summed E-state index contributed by atoms with van der Waals surface area (Å²) in [6, 6.07) is 11.8. The van der Waals surface area contributed by atoms with Gasteiger partial charge in [-0.3, -0.25) is 0 Å². The molecule has 0 amide bonds. The van der Waals surface area contributed by atoms with Crippen LogP contribution >= 0.6 is 12.2 Å². The number of aromatic nitrogens is 3. The molecule has 0 saturated carbocycles. The summed E-state index contributed by atoms with van der Waals surface area (Å²) >= 11 is 5.19. The van der Waals surface area contributed by atoms with Crippen LogP contribution in [0, 0.1) is 4.77 Å². The van der Waals surface area contributed by atoms with Gasteiger partial charge in [0.1, 0.15) is 0 Å². The maximum absolute atomic E-state index is 5.33. The quantitative estimate of drug-likeness (QED) is 0.591. The van der Waals surface area contributed by atoms with Crippen LogP contribution in [0.25, 0.3) is 11.6 Å². The van der Waals surface area contributed by atoms with Crippen LogP contribution in [0.4, 0.5) is 0 Å². The molecule has 0 saturated heterocycles. The molecule has 3 rings (SSSR count). The number of nitrogens with one attached hydrogen (secondary N) is 1. The standard InChI is InChI=1S/C15H14N4OS/c1-2-11-5-7-12(8-6-11)10-16-19-14(17-18-15(19)21)13-4-3-9-20-13/h3-10H,2H2,1H3,(H,18,21)/b16-10-. The van der Waals surface area contributed by atoms with E-state index in [0.717, 1.165) is 12.0 Å². The molecule has 0 aliphatic carbocycles.